The van der Waals surface area contributed by atoms with E-state index < -0.39 is 17.8 Å². The molecule has 21 heavy (non-hydrogen) atoms. The van der Waals surface area contributed by atoms with Crippen LogP contribution in [0.25, 0.3) is 0 Å². The van der Waals surface area contributed by atoms with Crippen LogP contribution in [-0.4, -0.2) is 22.5 Å². The quantitative estimate of drug-likeness (QED) is 0.887. The van der Waals surface area contributed by atoms with Gasteiger partial charge < -0.3 is 10.4 Å². The molecule has 0 aliphatic heterocycles. The molecule has 0 aliphatic carbocycles. The number of aromatic nitrogens is 1. The van der Waals surface area contributed by atoms with Crippen LogP contribution in [0.5, 0.6) is 0 Å². The van der Waals surface area contributed by atoms with Crippen LogP contribution in [0.3, 0.4) is 0 Å². The highest BCUT2D eigenvalue weighted by Gasteiger charge is 2.17. The van der Waals surface area contributed by atoms with Crippen LogP contribution in [0.4, 0.5) is 4.39 Å². The number of hydrogen-bond acceptors (Lipinski definition) is 4. The maximum Gasteiger partial charge on any atom is 0.253 e. The van der Waals surface area contributed by atoms with Crippen LogP contribution in [0, 0.1) is 12.7 Å². The van der Waals surface area contributed by atoms with Gasteiger partial charge in [-0.05, 0) is 24.6 Å². The van der Waals surface area contributed by atoms with Crippen molar-refractivity contribution in [3.8, 4) is 0 Å². The van der Waals surface area contributed by atoms with Crippen molar-refractivity contribution in [1.29, 1.82) is 0 Å². The van der Waals surface area contributed by atoms with Gasteiger partial charge in [0.2, 0.25) is 0 Å². The number of thiazole rings is 1. The summed E-state index contributed by atoms with van der Waals surface area (Å²) in [5.74, 6) is -0.941. The van der Waals surface area contributed by atoms with Crippen molar-refractivity contribution >= 4 is 28.8 Å². The average molecular weight is 329 g/mol. The second kappa shape index (κ2) is 6.98. The fraction of sp³-hybridized carbons (Fsp3) is 0.286. The fourth-order valence-electron chi connectivity index (χ4n) is 1.72. The summed E-state index contributed by atoms with van der Waals surface area (Å²) >= 11 is 7.28. The van der Waals surface area contributed by atoms with Gasteiger partial charge in [0.25, 0.3) is 5.91 Å². The summed E-state index contributed by atoms with van der Waals surface area (Å²) in [5, 5.41) is 13.3. The number of aryl methyl sites for hydroxylation is 1. The summed E-state index contributed by atoms with van der Waals surface area (Å²) in [7, 11) is 0. The lowest BCUT2D eigenvalue weighted by atomic mass is 10.1. The van der Waals surface area contributed by atoms with E-state index in [2.05, 4.69) is 10.3 Å². The van der Waals surface area contributed by atoms with E-state index in [4.69, 9.17) is 11.6 Å². The van der Waals surface area contributed by atoms with Gasteiger partial charge in [-0.1, -0.05) is 23.7 Å². The van der Waals surface area contributed by atoms with Gasteiger partial charge in [0.05, 0.1) is 10.7 Å². The van der Waals surface area contributed by atoms with Gasteiger partial charge in [0.1, 0.15) is 10.2 Å². The number of halogens is 2. The van der Waals surface area contributed by atoms with E-state index in [1.165, 1.54) is 35.6 Å². The standard InChI is InChI=1S/C14H14ClFN2O2S/c1-8-13(15)21-11(18-8)6-7-17-14(20)12(19)9-2-4-10(16)5-3-9/h2-5,12,19H,6-7H2,1H3,(H,17,20)/t12-/m1/s1. The summed E-state index contributed by atoms with van der Waals surface area (Å²) in [5.41, 5.74) is 1.12. The molecular weight excluding hydrogens is 315 g/mol. The number of hydrogen-bond donors (Lipinski definition) is 2. The summed E-state index contributed by atoms with van der Waals surface area (Å²) in [6.07, 6.45) is -0.771. The first-order valence-electron chi connectivity index (χ1n) is 6.30. The highest BCUT2D eigenvalue weighted by Crippen LogP contribution is 2.23. The molecular formula is C14H14ClFN2O2S. The lowest BCUT2D eigenvalue weighted by molar-refractivity contribution is -0.129. The van der Waals surface area contributed by atoms with E-state index in [0.29, 0.717) is 22.9 Å². The van der Waals surface area contributed by atoms with E-state index in [1.54, 1.807) is 0 Å². The molecule has 0 fully saturated rings. The van der Waals surface area contributed by atoms with E-state index in [0.717, 1.165) is 10.7 Å². The molecule has 2 N–H and O–H groups in total. The van der Waals surface area contributed by atoms with E-state index in [9.17, 15) is 14.3 Å². The summed E-state index contributed by atoms with van der Waals surface area (Å²) < 4.78 is 13.4. The smallest absolute Gasteiger partial charge is 0.253 e. The van der Waals surface area contributed by atoms with Crippen molar-refractivity contribution < 1.29 is 14.3 Å². The number of aliphatic hydroxyl groups excluding tert-OH is 1. The molecule has 0 aliphatic rings. The van der Waals surface area contributed by atoms with Crippen LogP contribution in [0.2, 0.25) is 4.34 Å². The van der Waals surface area contributed by atoms with Crippen LogP contribution in [0.15, 0.2) is 24.3 Å². The summed E-state index contributed by atoms with van der Waals surface area (Å²) in [6, 6.07) is 5.16. The predicted octanol–water partition coefficient (Wildman–Crippen LogP) is 2.64. The first kappa shape index (κ1) is 15.9. The van der Waals surface area contributed by atoms with Crippen molar-refractivity contribution in [2.45, 2.75) is 19.4 Å². The number of nitrogens with zero attached hydrogens (tertiary/aromatic N) is 1. The highest BCUT2D eigenvalue weighted by molar-refractivity contribution is 7.16. The Morgan fingerprint density at radius 2 is 2.14 bits per heavy atom. The van der Waals surface area contributed by atoms with E-state index in [-0.39, 0.29) is 0 Å². The molecule has 1 aromatic carbocycles. The summed E-state index contributed by atoms with van der Waals surface area (Å²) in [4.78, 5) is 16.0. The van der Waals surface area contributed by atoms with Gasteiger partial charge in [0, 0.05) is 13.0 Å². The molecule has 7 heteroatoms. The van der Waals surface area contributed by atoms with Gasteiger partial charge in [-0.3, -0.25) is 4.79 Å². The molecule has 4 nitrogen and oxygen atoms in total. The number of carbonyl (C=O) groups is 1. The maximum atomic E-state index is 12.8. The van der Waals surface area contributed by atoms with Gasteiger partial charge in [-0.2, -0.15) is 0 Å². The van der Waals surface area contributed by atoms with Crippen LogP contribution < -0.4 is 5.32 Å². The zero-order valence-corrected chi connectivity index (χ0v) is 12.8. The Morgan fingerprint density at radius 1 is 1.48 bits per heavy atom. The topological polar surface area (TPSA) is 62.2 Å². The molecule has 1 heterocycles. The fourth-order valence-corrected chi connectivity index (χ4v) is 2.82. The molecule has 1 amide bonds. The lowest BCUT2D eigenvalue weighted by Crippen LogP contribution is -2.30. The van der Waals surface area contributed by atoms with Crippen LogP contribution in [-0.2, 0) is 11.2 Å². The van der Waals surface area contributed by atoms with Crippen molar-refractivity contribution in [2.24, 2.45) is 0 Å². The minimum Gasteiger partial charge on any atom is -0.378 e. The Labute approximate surface area is 130 Å². The molecule has 1 atom stereocenters. The van der Waals surface area contributed by atoms with Gasteiger partial charge >= 0.3 is 0 Å². The van der Waals surface area contributed by atoms with Gasteiger partial charge in [0.15, 0.2) is 6.10 Å². The minimum absolute atomic E-state index is 0.348. The second-order valence-corrected chi connectivity index (χ2v) is 6.15. The molecule has 112 valence electrons. The molecule has 0 unspecified atom stereocenters. The largest absolute Gasteiger partial charge is 0.378 e. The molecule has 2 aromatic rings. The Morgan fingerprint density at radius 3 is 2.71 bits per heavy atom. The molecule has 0 saturated carbocycles. The first-order valence-corrected chi connectivity index (χ1v) is 7.50. The zero-order chi connectivity index (χ0) is 15.4. The molecule has 0 saturated heterocycles. The Bertz CT molecular complexity index is 611. The summed E-state index contributed by atoms with van der Waals surface area (Å²) in [6.45, 7) is 2.17. The van der Waals surface area contributed by atoms with Crippen molar-refractivity contribution in [1.82, 2.24) is 10.3 Å². The molecule has 0 bridgehead atoms. The third-order valence-corrected chi connectivity index (χ3v) is 4.37. The first-order chi connectivity index (χ1) is 9.97. The normalized spacial score (nSPS) is 12.2. The average Bonchev–Trinajstić information content (AvgIpc) is 2.77. The third-order valence-electron chi connectivity index (χ3n) is 2.86. The molecule has 2 rings (SSSR count). The van der Waals surface area contributed by atoms with Crippen molar-refractivity contribution in [3.05, 3.63) is 50.7 Å². The number of aliphatic hydroxyl groups is 1. The van der Waals surface area contributed by atoms with Gasteiger partial charge in [-0.25, -0.2) is 9.37 Å². The van der Waals surface area contributed by atoms with Crippen molar-refractivity contribution in [3.63, 3.8) is 0 Å². The molecule has 0 radical (unpaired) electrons. The number of amides is 1. The monoisotopic (exact) mass is 328 g/mol. The Balaban J connectivity index is 1.85. The number of benzene rings is 1. The molecule has 1 aromatic heterocycles. The zero-order valence-electron chi connectivity index (χ0n) is 11.3. The number of carbonyl (C=O) groups excluding carboxylic acids is 1. The van der Waals surface area contributed by atoms with Crippen molar-refractivity contribution in [2.75, 3.05) is 6.54 Å². The predicted molar refractivity (Wildman–Crippen MR) is 79.9 cm³/mol. The second-order valence-electron chi connectivity index (χ2n) is 4.46. The number of nitrogens with one attached hydrogen (secondary N) is 1. The Hall–Kier alpha value is -1.50. The highest BCUT2D eigenvalue weighted by atomic mass is 35.5. The minimum atomic E-state index is -1.31. The van der Waals surface area contributed by atoms with Gasteiger partial charge in [-0.15, -0.1) is 11.3 Å². The lowest BCUT2D eigenvalue weighted by Gasteiger charge is -2.11. The Kier molecular flexibility index (Phi) is 5.27. The van der Waals surface area contributed by atoms with E-state index in [1.807, 2.05) is 6.92 Å². The maximum absolute atomic E-state index is 12.8. The van der Waals surface area contributed by atoms with Crippen LogP contribution in [0.1, 0.15) is 22.4 Å². The van der Waals surface area contributed by atoms with Crippen LogP contribution >= 0.6 is 22.9 Å². The molecule has 0 spiro atoms. The van der Waals surface area contributed by atoms with E-state index >= 15 is 0 Å². The third kappa shape index (κ3) is 4.23. The SMILES string of the molecule is Cc1nc(CCNC(=O)[C@H](O)c2ccc(F)cc2)sc1Cl. The number of rotatable bonds is 5.